The highest BCUT2D eigenvalue weighted by atomic mass is 16.3. The number of nitrogens with one attached hydrogen (secondary N) is 1. The van der Waals surface area contributed by atoms with Gasteiger partial charge < -0.3 is 14.6 Å². The van der Waals surface area contributed by atoms with Crippen LogP contribution < -0.4 is 5.32 Å². The fourth-order valence-corrected chi connectivity index (χ4v) is 2.84. The van der Waals surface area contributed by atoms with Gasteiger partial charge in [0.1, 0.15) is 0 Å². The molecule has 0 atom stereocenters. The van der Waals surface area contributed by atoms with Crippen LogP contribution in [0.15, 0.2) is 41.1 Å². The van der Waals surface area contributed by atoms with Crippen molar-refractivity contribution in [2.45, 2.75) is 26.3 Å². The van der Waals surface area contributed by atoms with Crippen molar-refractivity contribution in [2.75, 3.05) is 13.1 Å². The Hall–Kier alpha value is -2.63. The molecule has 6 nitrogen and oxygen atoms in total. The molecule has 3 rings (SSSR count). The number of aromatic nitrogens is 1. The summed E-state index contributed by atoms with van der Waals surface area (Å²) in [7, 11) is 0. The van der Waals surface area contributed by atoms with Crippen LogP contribution in [-0.2, 0) is 11.3 Å². The summed E-state index contributed by atoms with van der Waals surface area (Å²) in [6.45, 7) is 3.56. The lowest BCUT2D eigenvalue weighted by Gasteiger charge is -2.30. The van der Waals surface area contributed by atoms with Gasteiger partial charge in [-0.3, -0.25) is 14.6 Å². The number of amides is 2. The van der Waals surface area contributed by atoms with Gasteiger partial charge in [-0.05, 0) is 43.5 Å². The molecular weight excluding hydrogens is 306 g/mol. The van der Waals surface area contributed by atoms with Crippen LogP contribution in [0.1, 0.15) is 34.7 Å². The number of aryl methyl sites for hydroxylation is 1. The van der Waals surface area contributed by atoms with Crippen molar-refractivity contribution < 1.29 is 14.0 Å². The van der Waals surface area contributed by atoms with Gasteiger partial charge in [-0.2, -0.15) is 0 Å². The third-order valence-corrected chi connectivity index (χ3v) is 4.32. The first-order valence-corrected chi connectivity index (χ1v) is 8.15. The molecule has 0 aromatic carbocycles. The number of piperidine rings is 1. The van der Waals surface area contributed by atoms with Crippen molar-refractivity contribution in [3.63, 3.8) is 0 Å². The molecule has 0 radical (unpaired) electrons. The second-order valence-corrected chi connectivity index (χ2v) is 6.07. The van der Waals surface area contributed by atoms with E-state index in [1.807, 2.05) is 19.1 Å². The van der Waals surface area contributed by atoms with Gasteiger partial charge in [0.05, 0.1) is 6.26 Å². The minimum Gasteiger partial charge on any atom is -0.459 e. The molecule has 3 heterocycles. The first-order valence-electron chi connectivity index (χ1n) is 8.15. The number of hydrogen-bond acceptors (Lipinski definition) is 4. The second kappa shape index (κ2) is 7.29. The smallest absolute Gasteiger partial charge is 0.289 e. The molecule has 6 heteroatoms. The number of likely N-dealkylation sites (tertiary alicyclic amines) is 1. The van der Waals surface area contributed by atoms with Gasteiger partial charge in [-0.15, -0.1) is 0 Å². The Morgan fingerprint density at radius 1 is 1.29 bits per heavy atom. The van der Waals surface area contributed by atoms with Crippen LogP contribution in [0.4, 0.5) is 0 Å². The fraction of sp³-hybridized carbons (Fsp3) is 0.389. The topological polar surface area (TPSA) is 75.4 Å². The van der Waals surface area contributed by atoms with E-state index in [0.29, 0.717) is 38.2 Å². The zero-order valence-corrected chi connectivity index (χ0v) is 13.7. The first kappa shape index (κ1) is 16.2. The maximum absolute atomic E-state index is 12.3. The summed E-state index contributed by atoms with van der Waals surface area (Å²) >= 11 is 0. The van der Waals surface area contributed by atoms with E-state index in [0.717, 1.165) is 11.3 Å². The molecule has 0 aliphatic carbocycles. The number of furan rings is 1. The molecular formula is C18H21N3O3. The predicted molar refractivity (Wildman–Crippen MR) is 88.2 cm³/mol. The van der Waals surface area contributed by atoms with E-state index in [1.54, 1.807) is 23.2 Å². The van der Waals surface area contributed by atoms with E-state index in [9.17, 15) is 9.59 Å². The average Bonchev–Trinajstić information content (AvgIpc) is 3.15. The standard InChI is InChI=1S/C18H21N3O3/c1-13-4-5-14(11-19-13)12-20-17(22)15-6-8-21(9-7-15)18(23)16-3-2-10-24-16/h2-5,10-11,15H,6-9,12H2,1H3,(H,20,22). The van der Waals surface area contributed by atoms with E-state index < -0.39 is 0 Å². The number of carbonyl (C=O) groups excluding carboxylic acids is 2. The molecule has 2 aromatic heterocycles. The SMILES string of the molecule is Cc1ccc(CNC(=O)C2CCN(C(=O)c3ccco3)CC2)cn1. The van der Waals surface area contributed by atoms with Crippen LogP contribution in [0.3, 0.4) is 0 Å². The van der Waals surface area contributed by atoms with Crippen LogP contribution in [0, 0.1) is 12.8 Å². The Balaban J connectivity index is 1.46. The zero-order chi connectivity index (χ0) is 16.9. The van der Waals surface area contributed by atoms with Crippen LogP contribution in [0.5, 0.6) is 0 Å². The van der Waals surface area contributed by atoms with Gasteiger partial charge in [0.2, 0.25) is 5.91 Å². The summed E-state index contributed by atoms with van der Waals surface area (Å²) in [5.74, 6) is 0.235. The molecule has 1 saturated heterocycles. The van der Waals surface area contributed by atoms with Crippen LogP contribution >= 0.6 is 0 Å². The maximum Gasteiger partial charge on any atom is 0.289 e. The Kier molecular flexibility index (Phi) is 4.93. The first-order chi connectivity index (χ1) is 11.6. The number of nitrogens with zero attached hydrogens (tertiary/aromatic N) is 2. The van der Waals surface area contributed by atoms with Crippen LogP contribution in [-0.4, -0.2) is 34.8 Å². The molecule has 1 aliphatic heterocycles. The van der Waals surface area contributed by atoms with Gasteiger partial charge in [0, 0.05) is 37.4 Å². The fourth-order valence-electron chi connectivity index (χ4n) is 2.84. The highest BCUT2D eigenvalue weighted by molar-refractivity contribution is 5.91. The highest BCUT2D eigenvalue weighted by Crippen LogP contribution is 2.19. The van der Waals surface area contributed by atoms with E-state index in [2.05, 4.69) is 10.3 Å². The average molecular weight is 327 g/mol. The van der Waals surface area contributed by atoms with Crippen molar-refractivity contribution in [1.29, 1.82) is 0 Å². The maximum atomic E-state index is 12.3. The predicted octanol–water partition coefficient (Wildman–Crippen LogP) is 2.15. The molecule has 0 unspecified atom stereocenters. The Morgan fingerprint density at radius 3 is 2.71 bits per heavy atom. The van der Waals surface area contributed by atoms with Gasteiger partial charge in [-0.25, -0.2) is 0 Å². The van der Waals surface area contributed by atoms with Crippen LogP contribution in [0.2, 0.25) is 0 Å². The van der Waals surface area contributed by atoms with E-state index >= 15 is 0 Å². The van der Waals surface area contributed by atoms with Gasteiger partial charge in [0.25, 0.3) is 5.91 Å². The summed E-state index contributed by atoms with van der Waals surface area (Å²) in [4.78, 5) is 30.5. The van der Waals surface area contributed by atoms with E-state index in [1.165, 1.54) is 6.26 Å². The van der Waals surface area contributed by atoms with Crippen molar-refractivity contribution >= 4 is 11.8 Å². The molecule has 1 N–H and O–H groups in total. The minimum absolute atomic E-state index is 0.0423. The number of carbonyl (C=O) groups is 2. The molecule has 0 saturated carbocycles. The molecule has 2 amide bonds. The minimum atomic E-state index is -0.107. The van der Waals surface area contributed by atoms with Crippen molar-refractivity contribution in [2.24, 2.45) is 5.92 Å². The third-order valence-electron chi connectivity index (χ3n) is 4.32. The lowest BCUT2D eigenvalue weighted by molar-refractivity contribution is -0.126. The summed E-state index contributed by atoms with van der Waals surface area (Å²) in [5.41, 5.74) is 1.94. The normalized spacial score (nSPS) is 15.3. The van der Waals surface area contributed by atoms with Gasteiger partial charge in [0.15, 0.2) is 5.76 Å². The monoisotopic (exact) mass is 327 g/mol. The molecule has 126 valence electrons. The second-order valence-electron chi connectivity index (χ2n) is 6.07. The summed E-state index contributed by atoms with van der Waals surface area (Å²) in [6.07, 6.45) is 4.61. The van der Waals surface area contributed by atoms with Crippen molar-refractivity contribution in [1.82, 2.24) is 15.2 Å². The number of rotatable bonds is 4. The van der Waals surface area contributed by atoms with Gasteiger partial charge >= 0.3 is 0 Å². The van der Waals surface area contributed by atoms with Crippen molar-refractivity contribution in [3.05, 3.63) is 53.7 Å². The van der Waals surface area contributed by atoms with E-state index in [-0.39, 0.29) is 17.7 Å². The molecule has 1 fully saturated rings. The van der Waals surface area contributed by atoms with Crippen LogP contribution in [0.25, 0.3) is 0 Å². The Morgan fingerprint density at radius 2 is 2.08 bits per heavy atom. The van der Waals surface area contributed by atoms with Crippen molar-refractivity contribution in [3.8, 4) is 0 Å². The number of pyridine rings is 1. The lowest BCUT2D eigenvalue weighted by atomic mass is 9.95. The zero-order valence-electron chi connectivity index (χ0n) is 13.7. The summed E-state index contributed by atoms with van der Waals surface area (Å²) in [6, 6.07) is 7.26. The largest absolute Gasteiger partial charge is 0.459 e. The highest BCUT2D eigenvalue weighted by Gasteiger charge is 2.28. The molecule has 0 spiro atoms. The Labute approximate surface area is 140 Å². The summed E-state index contributed by atoms with van der Waals surface area (Å²) in [5, 5.41) is 2.96. The number of hydrogen-bond donors (Lipinski definition) is 1. The molecule has 0 bridgehead atoms. The quantitative estimate of drug-likeness (QED) is 0.933. The Bertz CT molecular complexity index is 687. The molecule has 1 aliphatic rings. The van der Waals surface area contributed by atoms with Gasteiger partial charge in [-0.1, -0.05) is 6.07 Å². The molecule has 24 heavy (non-hydrogen) atoms. The third kappa shape index (κ3) is 3.82. The van der Waals surface area contributed by atoms with E-state index in [4.69, 9.17) is 4.42 Å². The molecule has 2 aromatic rings. The lowest BCUT2D eigenvalue weighted by Crippen LogP contribution is -2.42. The summed E-state index contributed by atoms with van der Waals surface area (Å²) < 4.78 is 5.14.